The molecule has 0 spiro atoms. The molecule has 1 heterocycles. The highest BCUT2D eigenvalue weighted by molar-refractivity contribution is 6.01. The molecule has 0 radical (unpaired) electrons. The zero-order valence-corrected chi connectivity index (χ0v) is 7.97. The number of nitrogens with zero attached hydrogens (tertiary/aromatic N) is 1. The summed E-state index contributed by atoms with van der Waals surface area (Å²) in [7, 11) is 0. The minimum absolute atomic E-state index is 0.211. The van der Waals surface area contributed by atoms with E-state index < -0.39 is 5.97 Å². The molecule has 0 amide bonds. The zero-order valence-electron chi connectivity index (χ0n) is 7.97. The van der Waals surface area contributed by atoms with Gasteiger partial charge in [-0.3, -0.25) is 4.98 Å². The van der Waals surface area contributed by atoms with Crippen LogP contribution in [0.15, 0.2) is 30.3 Å². The molecule has 0 unspecified atom stereocenters. The maximum atomic E-state index is 10.9. The standard InChI is InChI=1S/C11H10N2O2/c12-6-8-5-4-7-2-1-3-9(11(14)15)10(7)13-8/h1-5H,6,12H2,(H,14,15). The first kappa shape index (κ1) is 9.61. The minimum Gasteiger partial charge on any atom is -0.478 e. The Balaban J connectivity index is 2.76. The molecule has 4 heteroatoms. The number of carboxylic acid groups (broad SMARTS) is 1. The molecule has 2 aromatic rings. The summed E-state index contributed by atoms with van der Waals surface area (Å²) in [6.07, 6.45) is 0. The number of carboxylic acids is 1. The molecule has 1 aromatic heterocycles. The smallest absolute Gasteiger partial charge is 0.337 e. The summed E-state index contributed by atoms with van der Waals surface area (Å²) >= 11 is 0. The Morgan fingerprint density at radius 2 is 2.13 bits per heavy atom. The first-order valence-corrected chi connectivity index (χ1v) is 4.54. The van der Waals surface area contributed by atoms with Crippen LogP contribution in [-0.4, -0.2) is 16.1 Å². The Hall–Kier alpha value is -1.94. The molecule has 4 nitrogen and oxygen atoms in total. The van der Waals surface area contributed by atoms with E-state index in [1.165, 1.54) is 6.07 Å². The molecule has 0 aliphatic heterocycles. The number of hydrogen-bond donors (Lipinski definition) is 2. The summed E-state index contributed by atoms with van der Waals surface area (Å²) in [6.45, 7) is 0.309. The average Bonchev–Trinajstić information content (AvgIpc) is 2.27. The number of rotatable bonds is 2. The van der Waals surface area contributed by atoms with Gasteiger partial charge in [-0.1, -0.05) is 18.2 Å². The van der Waals surface area contributed by atoms with Crippen LogP contribution in [0.5, 0.6) is 0 Å². The Labute approximate surface area is 86.4 Å². The maximum Gasteiger partial charge on any atom is 0.337 e. The van der Waals surface area contributed by atoms with Gasteiger partial charge in [0.15, 0.2) is 0 Å². The third kappa shape index (κ3) is 1.67. The molecule has 0 atom stereocenters. The number of hydrogen-bond acceptors (Lipinski definition) is 3. The highest BCUT2D eigenvalue weighted by Gasteiger charge is 2.09. The fourth-order valence-electron chi connectivity index (χ4n) is 1.47. The summed E-state index contributed by atoms with van der Waals surface area (Å²) in [5.74, 6) is -0.970. The van der Waals surface area contributed by atoms with Gasteiger partial charge in [0.05, 0.1) is 16.8 Å². The number of aromatic nitrogens is 1. The highest BCUT2D eigenvalue weighted by Crippen LogP contribution is 2.17. The molecule has 0 saturated carbocycles. The number of aromatic carboxylic acids is 1. The van der Waals surface area contributed by atoms with E-state index in [2.05, 4.69) is 4.98 Å². The molecule has 0 saturated heterocycles. The molecule has 0 aliphatic rings. The van der Waals surface area contributed by atoms with Crippen molar-refractivity contribution in [1.82, 2.24) is 4.98 Å². The lowest BCUT2D eigenvalue weighted by Gasteiger charge is -2.03. The van der Waals surface area contributed by atoms with Crippen molar-refractivity contribution in [3.63, 3.8) is 0 Å². The third-order valence-corrected chi connectivity index (χ3v) is 2.22. The first-order chi connectivity index (χ1) is 7.22. The van der Waals surface area contributed by atoms with Gasteiger partial charge in [0.2, 0.25) is 0 Å². The Kier molecular flexibility index (Phi) is 2.35. The van der Waals surface area contributed by atoms with E-state index in [4.69, 9.17) is 10.8 Å². The van der Waals surface area contributed by atoms with E-state index in [0.717, 1.165) is 5.39 Å². The average molecular weight is 202 g/mol. The SMILES string of the molecule is NCc1ccc2cccc(C(=O)O)c2n1. The highest BCUT2D eigenvalue weighted by atomic mass is 16.4. The van der Waals surface area contributed by atoms with E-state index in [0.29, 0.717) is 17.8 Å². The number of para-hydroxylation sites is 1. The lowest BCUT2D eigenvalue weighted by atomic mass is 10.1. The minimum atomic E-state index is -0.970. The van der Waals surface area contributed by atoms with Crippen LogP contribution >= 0.6 is 0 Å². The third-order valence-electron chi connectivity index (χ3n) is 2.22. The second-order valence-corrected chi connectivity index (χ2v) is 3.19. The largest absolute Gasteiger partial charge is 0.478 e. The second-order valence-electron chi connectivity index (χ2n) is 3.19. The van der Waals surface area contributed by atoms with Crippen LogP contribution in [0, 0.1) is 0 Å². The normalized spacial score (nSPS) is 10.5. The summed E-state index contributed by atoms with van der Waals surface area (Å²) in [6, 6.07) is 8.70. The predicted octanol–water partition coefficient (Wildman–Crippen LogP) is 1.39. The fourth-order valence-corrected chi connectivity index (χ4v) is 1.47. The van der Waals surface area contributed by atoms with Crippen molar-refractivity contribution in [2.75, 3.05) is 0 Å². The van der Waals surface area contributed by atoms with Crippen molar-refractivity contribution in [2.24, 2.45) is 5.73 Å². The van der Waals surface area contributed by atoms with Crippen LogP contribution in [0.1, 0.15) is 16.1 Å². The van der Waals surface area contributed by atoms with E-state index >= 15 is 0 Å². The molecule has 0 aliphatic carbocycles. The number of nitrogens with two attached hydrogens (primary N) is 1. The van der Waals surface area contributed by atoms with Crippen molar-refractivity contribution in [2.45, 2.75) is 6.54 Å². The van der Waals surface area contributed by atoms with Crippen LogP contribution in [0.2, 0.25) is 0 Å². The van der Waals surface area contributed by atoms with Gasteiger partial charge in [-0.2, -0.15) is 0 Å². The molecule has 0 bridgehead atoms. The molecule has 15 heavy (non-hydrogen) atoms. The number of fused-ring (bicyclic) bond motifs is 1. The monoisotopic (exact) mass is 202 g/mol. The van der Waals surface area contributed by atoms with Crippen molar-refractivity contribution in [3.8, 4) is 0 Å². The van der Waals surface area contributed by atoms with Crippen LogP contribution < -0.4 is 5.73 Å². The van der Waals surface area contributed by atoms with Crippen LogP contribution in [0.3, 0.4) is 0 Å². The number of carbonyl (C=O) groups is 1. The van der Waals surface area contributed by atoms with Gasteiger partial charge in [0, 0.05) is 11.9 Å². The molecular weight excluding hydrogens is 192 g/mol. The van der Waals surface area contributed by atoms with Crippen LogP contribution in [-0.2, 0) is 6.54 Å². The molecule has 76 valence electrons. The number of pyridine rings is 1. The van der Waals surface area contributed by atoms with Gasteiger partial charge in [-0.05, 0) is 12.1 Å². The van der Waals surface area contributed by atoms with Gasteiger partial charge in [-0.25, -0.2) is 4.79 Å². The Morgan fingerprint density at radius 1 is 1.33 bits per heavy atom. The van der Waals surface area contributed by atoms with E-state index in [1.807, 2.05) is 12.1 Å². The summed E-state index contributed by atoms with van der Waals surface area (Å²) in [5, 5.41) is 9.79. The van der Waals surface area contributed by atoms with Crippen molar-refractivity contribution in [3.05, 3.63) is 41.6 Å². The quantitative estimate of drug-likeness (QED) is 0.771. The number of benzene rings is 1. The topological polar surface area (TPSA) is 76.2 Å². The lowest BCUT2D eigenvalue weighted by molar-refractivity contribution is 0.0699. The lowest BCUT2D eigenvalue weighted by Crippen LogP contribution is -2.03. The second kappa shape index (κ2) is 3.67. The van der Waals surface area contributed by atoms with E-state index in [9.17, 15) is 4.79 Å². The van der Waals surface area contributed by atoms with Gasteiger partial charge >= 0.3 is 5.97 Å². The summed E-state index contributed by atoms with van der Waals surface area (Å²) < 4.78 is 0. The Morgan fingerprint density at radius 3 is 2.80 bits per heavy atom. The molecular formula is C11H10N2O2. The van der Waals surface area contributed by atoms with Gasteiger partial charge in [0.25, 0.3) is 0 Å². The first-order valence-electron chi connectivity index (χ1n) is 4.54. The summed E-state index contributed by atoms with van der Waals surface area (Å²) in [4.78, 5) is 15.2. The Bertz CT molecular complexity index is 523. The predicted molar refractivity (Wildman–Crippen MR) is 56.6 cm³/mol. The van der Waals surface area contributed by atoms with Gasteiger partial charge in [-0.15, -0.1) is 0 Å². The van der Waals surface area contributed by atoms with Crippen LogP contribution in [0.25, 0.3) is 10.9 Å². The maximum absolute atomic E-state index is 10.9. The van der Waals surface area contributed by atoms with Crippen molar-refractivity contribution < 1.29 is 9.90 Å². The fraction of sp³-hybridized carbons (Fsp3) is 0.0909. The molecule has 0 fully saturated rings. The van der Waals surface area contributed by atoms with Crippen molar-refractivity contribution >= 4 is 16.9 Å². The van der Waals surface area contributed by atoms with Gasteiger partial charge in [0.1, 0.15) is 0 Å². The van der Waals surface area contributed by atoms with E-state index in [-0.39, 0.29) is 5.56 Å². The zero-order chi connectivity index (χ0) is 10.8. The molecule has 1 aromatic carbocycles. The molecule has 2 rings (SSSR count). The summed E-state index contributed by atoms with van der Waals surface area (Å²) in [5.41, 5.74) is 6.85. The van der Waals surface area contributed by atoms with Gasteiger partial charge < -0.3 is 10.8 Å². The van der Waals surface area contributed by atoms with E-state index in [1.54, 1.807) is 12.1 Å². The van der Waals surface area contributed by atoms with Crippen LogP contribution in [0.4, 0.5) is 0 Å². The van der Waals surface area contributed by atoms with Crippen molar-refractivity contribution in [1.29, 1.82) is 0 Å². The molecule has 3 N–H and O–H groups in total.